The number of thioether (sulfide) groups is 1. The van der Waals surface area contributed by atoms with Crippen LogP contribution in [0.4, 0.5) is 4.39 Å². The molecule has 6 nitrogen and oxygen atoms in total. The Morgan fingerprint density at radius 3 is 2.81 bits per heavy atom. The van der Waals surface area contributed by atoms with E-state index < -0.39 is 0 Å². The van der Waals surface area contributed by atoms with Crippen LogP contribution in [-0.2, 0) is 5.75 Å². The average Bonchev–Trinajstić information content (AvgIpc) is 3.27. The van der Waals surface area contributed by atoms with E-state index in [-0.39, 0.29) is 5.82 Å². The number of aromatic amines is 1. The molecule has 0 bridgehead atoms. The number of nitrogens with one attached hydrogen (secondary N) is 1. The fraction of sp³-hybridized carbons (Fsp3) is 0.167. The Hall–Kier alpha value is -2.87. The molecule has 0 saturated heterocycles. The fourth-order valence-electron chi connectivity index (χ4n) is 2.45. The molecule has 2 aromatic heterocycles. The number of hydrogen-bond donors (Lipinski definition) is 1. The van der Waals surface area contributed by atoms with Gasteiger partial charge in [-0.3, -0.25) is 0 Å². The second-order valence-electron chi connectivity index (χ2n) is 5.47. The summed E-state index contributed by atoms with van der Waals surface area (Å²) in [6.07, 6.45) is 0. The van der Waals surface area contributed by atoms with Gasteiger partial charge in [0.15, 0.2) is 11.0 Å². The minimum absolute atomic E-state index is 0.304. The van der Waals surface area contributed by atoms with E-state index in [0.29, 0.717) is 29.6 Å². The standard InChI is InChI=1S/C18H15FN4O2S/c1-2-24-13-7-8-14-15(9-13)21-18(20-14)26-10-16-22-17(25-23-16)11-3-5-12(19)6-4-11/h3-9H,2,10H2,1H3,(H,20,21). The lowest BCUT2D eigenvalue weighted by Crippen LogP contribution is -1.90. The van der Waals surface area contributed by atoms with Crippen molar-refractivity contribution < 1.29 is 13.7 Å². The zero-order valence-electron chi connectivity index (χ0n) is 13.9. The Morgan fingerprint density at radius 2 is 2.00 bits per heavy atom. The van der Waals surface area contributed by atoms with Gasteiger partial charge in [-0.2, -0.15) is 4.98 Å². The second-order valence-corrected chi connectivity index (χ2v) is 6.43. The molecule has 8 heteroatoms. The Morgan fingerprint density at radius 1 is 1.15 bits per heavy atom. The Balaban J connectivity index is 1.45. The molecule has 26 heavy (non-hydrogen) atoms. The number of imidazole rings is 1. The Kier molecular flexibility index (Phi) is 4.57. The monoisotopic (exact) mass is 370 g/mol. The molecule has 0 amide bonds. The zero-order valence-corrected chi connectivity index (χ0v) is 14.7. The zero-order chi connectivity index (χ0) is 17.9. The van der Waals surface area contributed by atoms with Gasteiger partial charge in [0.25, 0.3) is 5.89 Å². The van der Waals surface area contributed by atoms with E-state index in [1.807, 2.05) is 25.1 Å². The van der Waals surface area contributed by atoms with Crippen molar-refractivity contribution in [2.24, 2.45) is 0 Å². The maximum Gasteiger partial charge on any atom is 0.257 e. The first-order valence-corrected chi connectivity index (χ1v) is 9.03. The van der Waals surface area contributed by atoms with Gasteiger partial charge >= 0.3 is 0 Å². The molecule has 0 unspecified atom stereocenters. The average molecular weight is 370 g/mol. The summed E-state index contributed by atoms with van der Waals surface area (Å²) < 4.78 is 23.7. The van der Waals surface area contributed by atoms with Crippen molar-refractivity contribution >= 4 is 22.8 Å². The molecule has 0 spiro atoms. The first-order valence-electron chi connectivity index (χ1n) is 8.05. The van der Waals surface area contributed by atoms with Crippen LogP contribution in [0.25, 0.3) is 22.5 Å². The number of benzene rings is 2. The van der Waals surface area contributed by atoms with Crippen molar-refractivity contribution in [2.45, 2.75) is 17.8 Å². The van der Waals surface area contributed by atoms with E-state index in [1.165, 1.54) is 23.9 Å². The molecule has 0 aliphatic rings. The van der Waals surface area contributed by atoms with E-state index in [1.54, 1.807) is 12.1 Å². The number of aromatic nitrogens is 4. The smallest absolute Gasteiger partial charge is 0.257 e. The van der Waals surface area contributed by atoms with Gasteiger partial charge in [-0.05, 0) is 43.3 Å². The predicted octanol–water partition coefficient (Wildman–Crippen LogP) is 4.44. The molecule has 2 aromatic carbocycles. The number of fused-ring (bicyclic) bond motifs is 1. The Labute approximate surface area is 152 Å². The first-order chi connectivity index (χ1) is 12.7. The maximum atomic E-state index is 13.0. The third-order valence-electron chi connectivity index (χ3n) is 3.64. The molecule has 0 aliphatic heterocycles. The number of ether oxygens (including phenoxy) is 1. The van der Waals surface area contributed by atoms with Crippen LogP contribution >= 0.6 is 11.8 Å². The minimum Gasteiger partial charge on any atom is -0.494 e. The van der Waals surface area contributed by atoms with Crippen LogP contribution in [0.15, 0.2) is 52.1 Å². The first kappa shape index (κ1) is 16.6. The molecule has 0 radical (unpaired) electrons. The molecule has 132 valence electrons. The predicted molar refractivity (Wildman–Crippen MR) is 96.5 cm³/mol. The van der Waals surface area contributed by atoms with Crippen LogP contribution in [-0.4, -0.2) is 26.7 Å². The van der Waals surface area contributed by atoms with Gasteiger partial charge in [-0.1, -0.05) is 16.9 Å². The van der Waals surface area contributed by atoms with E-state index >= 15 is 0 Å². The number of nitrogens with zero attached hydrogens (tertiary/aromatic N) is 3. The molecule has 2 heterocycles. The summed E-state index contributed by atoms with van der Waals surface area (Å²) in [4.78, 5) is 12.1. The summed E-state index contributed by atoms with van der Waals surface area (Å²) in [6, 6.07) is 11.7. The highest BCUT2D eigenvalue weighted by molar-refractivity contribution is 7.98. The van der Waals surface area contributed by atoms with Crippen molar-refractivity contribution in [2.75, 3.05) is 6.61 Å². The van der Waals surface area contributed by atoms with E-state index in [2.05, 4.69) is 20.1 Å². The van der Waals surface area contributed by atoms with Crippen molar-refractivity contribution in [3.63, 3.8) is 0 Å². The molecule has 0 atom stereocenters. The third-order valence-corrected chi connectivity index (χ3v) is 4.51. The number of halogens is 1. The normalized spacial score (nSPS) is 11.2. The van der Waals surface area contributed by atoms with Gasteiger partial charge in [0, 0.05) is 11.6 Å². The van der Waals surface area contributed by atoms with Gasteiger partial charge < -0.3 is 14.2 Å². The lowest BCUT2D eigenvalue weighted by molar-refractivity contribution is 0.340. The summed E-state index contributed by atoms with van der Waals surface area (Å²) in [7, 11) is 0. The lowest BCUT2D eigenvalue weighted by Gasteiger charge is -2.00. The van der Waals surface area contributed by atoms with Crippen LogP contribution in [0, 0.1) is 5.82 Å². The van der Waals surface area contributed by atoms with E-state index in [4.69, 9.17) is 9.26 Å². The third kappa shape index (κ3) is 3.55. The van der Waals surface area contributed by atoms with Crippen molar-refractivity contribution in [1.29, 1.82) is 0 Å². The van der Waals surface area contributed by atoms with Gasteiger partial charge in [0.05, 0.1) is 23.4 Å². The topological polar surface area (TPSA) is 76.8 Å². The minimum atomic E-state index is -0.304. The molecular weight excluding hydrogens is 355 g/mol. The maximum absolute atomic E-state index is 13.0. The number of rotatable bonds is 6. The highest BCUT2D eigenvalue weighted by atomic mass is 32.2. The molecule has 4 aromatic rings. The lowest BCUT2D eigenvalue weighted by atomic mass is 10.2. The van der Waals surface area contributed by atoms with Crippen LogP contribution in [0.1, 0.15) is 12.7 Å². The molecule has 0 fully saturated rings. The molecule has 1 N–H and O–H groups in total. The van der Waals surface area contributed by atoms with Crippen molar-refractivity contribution in [3.8, 4) is 17.2 Å². The van der Waals surface area contributed by atoms with Crippen LogP contribution in [0.2, 0.25) is 0 Å². The summed E-state index contributed by atoms with van der Waals surface area (Å²) in [5.41, 5.74) is 2.47. The van der Waals surface area contributed by atoms with Gasteiger partial charge in [-0.25, -0.2) is 9.37 Å². The molecule has 0 aliphatic carbocycles. The van der Waals surface area contributed by atoms with E-state index in [0.717, 1.165) is 21.9 Å². The Bertz CT molecular complexity index is 1030. The van der Waals surface area contributed by atoms with Crippen molar-refractivity contribution in [1.82, 2.24) is 20.1 Å². The van der Waals surface area contributed by atoms with Gasteiger partial charge in [0.2, 0.25) is 0 Å². The summed E-state index contributed by atoms with van der Waals surface area (Å²) in [5.74, 6) is 1.92. The molecular formula is C18H15FN4O2S. The highest BCUT2D eigenvalue weighted by Crippen LogP contribution is 2.26. The molecule has 0 saturated carbocycles. The fourth-order valence-corrected chi connectivity index (χ4v) is 3.17. The van der Waals surface area contributed by atoms with Crippen molar-refractivity contribution in [3.05, 3.63) is 54.1 Å². The number of H-pyrrole nitrogens is 1. The molecule has 4 rings (SSSR count). The summed E-state index contributed by atoms with van der Waals surface area (Å²) in [6.45, 7) is 2.57. The van der Waals surface area contributed by atoms with Gasteiger partial charge in [0.1, 0.15) is 11.6 Å². The summed E-state index contributed by atoms with van der Waals surface area (Å²) in [5, 5.41) is 4.73. The van der Waals surface area contributed by atoms with Gasteiger partial charge in [-0.15, -0.1) is 0 Å². The van der Waals surface area contributed by atoms with Crippen LogP contribution < -0.4 is 4.74 Å². The SMILES string of the molecule is CCOc1ccc2nc(SCc3noc(-c4ccc(F)cc4)n3)[nH]c2c1. The summed E-state index contributed by atoms with van der Waals surface area (Å²) >= 11 is 1.48. The van der Waals surface area contributed by atoms with Crippen LogP contribution in [0.5, 0.6) is 5.75 Å². The second kappa shape index (κ2) is 7.17. The van der Waals surface area contributed by atoms with E-state index in [9.17, 15) is 4.39 Å². The van der Waals surface area contributed by atoms with Crippen LogP contribution in [0.3, 0.4) is 0 Å². The largest absolute Gasteiger partial charge is 0.494 e. The number of hydrogen-bond acceptors (Lipinski definition) is 6. The quantitative estimate of drug-likeness (QED) is 0.506. The highest BCUT2D eigenvalue weighted by Gasteiger charge is 2.11.